The predicted molar refractivity (Wildman–Crippen MR) is 115 cm³/mol. The third-order valence-electron chi connectivity index (χ3n) is 6.51. The molecular formula is C23H30FN5O2. The first-order valence-corrected chi connectivity index (χ1v) is 11.5. The van der Waals surface area contributed by atoms with Gasteiger partial charge in [-0.25, -0.2) is 4.39 Å². The monoisotopic (exact) mass is 427 g/mol. The van der Waals surface area contributed by atoms with E-state index in [0.717, 1.165) is 43.5 Å². The van der Waals surface area contributed by atoms with Crippen molar-refractivity contribution in [2.24, 2.45) is 0 Å². The van der Waals surface area contributed by atoms with Crippen LogP contribution in [0.15, 0.2) is 22.7 Å². The van der Waals surface area contributed by atoms with Gasteiger partial charge in [-0.05, 0) is 62.2 Å². The number of ether oxygens (including phenoxy) is 1. The number of hydrogen-bond donors (Lipinski definition) is 1. The number of hydrogen-bond acceptors (Lipinski definition) is 6. The third-order valence-corrected chi connectivity index (χ3v) is 6.51. The highest BCUT2D eigenvalue weighted by Gasteiger charge is 2.34. The maximum Gasteiger partial charge on any atom is 0.291 e. The summed E-state index contributed by atoms with van der Waals surface area (Å²) < 4.78 is 27.4. The number of benzene rings is 1. The Morgan fingerprint density at radius 2 is 2.13 bits per heavy atom. The van der Waals surface area contributed by atoms with Crippen LogP contribution in [0.3, 0.4) is 0 Å². The molecule has 8 heteroatoms. The summed E-state index contributed by atoms with van der Waals surface area (Å²) in [5, 5.41) is 13.1. The average Bonchev–Trinajstić information content (AvgIpc) is 3.36. The minimum Gasteiger partial charge on any atom is -0.378 e. The van der Waals surface area contributed by atoms with Crippen molar-refractivity contribution in [1.29, 1.82) is 0 Å². The number of rotatable bonds is 7. The molecule has 1 saturated heterocycles. The smallest absolute Gasteiger partial charge is 0.291 e. The largest absolute Gasteiger partial charge is 0.378 e. The van der Waals surface area contributed by atoms with E-state index in [1.165, 1.54) is 30.0 Å². The summed E-state index contributed by atoms with van der Waals surface area (Å²) in [4.78, 5) is 4.56. The van der Waals surface area contributed by atoms with Gasteiger partial charge in [0.25, 0.3) is 5.95 Å². The molecule has 1 atom stereocenters. The van der Waals surface area contributed by atoms with Crippen LogP contribution in [0.25, 0.3) is 16.9 Å². The van der Waals surface area contributed by atoms with Crippen molar-refractivity contribution in [1.82, 2.24) is 25.2 Å². The highest BCUT2D eigenvalue weighted by Crippen LogP contribution is 2.36. The quantitative estimate of drug-likeness (QED) is 0.600. The second-order valence-electron chi connectivity index (χ2n) is 9.12. The Morgan fingerprint density at radius 3 is 2.90 bits per heavy atom. The van der Waals surface area contributed by atoms with E-state index in [4.69, 9.17) is 9.26 Å². The molecule has 0 bridgehead atoms. The second-order valence-corrected chi connectivity index (χ2v) is 9.12. The van der Waals surface area contributed by atoms with E-state index in [1.54, 1.807) is 6.07 Å². The predicted octanol–water partition coefficient (Wildman–Crippen LogP) is 4.47. The van der Waals surface area contributed by atoms with E-state index < -0.39 is 0 Å². The van der Waals surface area contributed by atoms with Crippen LogP contribution in [0.5, 0.6) is 0 Å². The Labute approximate surface area is 181 Å². The fourth-order valence-electron chi connectivity index (χ4n) is 4.67. The minimum atomic E-state index is -0.335. The van der Waals surface area contributed by atoms with Gasteiger partial charge in [0, 0.05) is 24.0 Å². The van der Waals surface area contributed by atoms with Crippen LogP contribution in [0.4, 0.5) is 4.39 Å². The molecule has 1 aliphatic carbocycles. The normalized spacial score (nSPS) is 24.1. The molecule has 5 rings (SSSR count). The van der Waals surface area contributed by atoms with Crippen molar-refractivity contribution in [3.05, 3.63) is 35.6 Å². The molecule has 1 unspecified atom stereocenters. The number of nitrogens with zero attached hydrogens (tertiary/aromatic N) is 4. The van der Waals surface area contributed by atoms with Crippen molar-refractivity contribution < 1.29 is 13.7 Å². The molecule has 1 saturated carbocycles. The molecule has 1 N–H and O–H groups in total. The molecule has 2 aromatic heterocycles. The van der Waals surface area contributed by atoms with Crippen LogP contribution in [0, 0.1) is 5.82 Å². The lowest BCUT2D eigenvalue weighted by Gasteiger charge is -2.34. The Kier molecular flexibility index (Phi) is 5.75. The highest BCUT2D eigenvalue weighted by molar-refractivity contribution is 5.84. The van der Waals surface area contributed by atoms with Gasteiger partial charge in [-0.15, -0.1) is 0 Å². The zero-order valence-electron chi connectivity index (χ0n) is 18.2. The van der Waals surface area contributed by atoms with Gasteiger partial charge in [0.15, 0.2) is 0 Å². The van der Waals surface area contributed by atoms with Crippen molar-refractivity contribution in [2.75, 3.05) is 13.2 Å². The standard InChI is InChI=1S/C23H30FN5O2/c1-14(2)20-18-7-5-8-19(24)21(18)29(27-20)23-26-22(31-28-23)15-12-16(13-15)25-10-9-17-6-3-4-11-30-17/h5,7-8,14-17,25H,3-4,6,9-13H2,1-2H3. The van der Waals surface area contributed by atoms with Gasteiger partial charge in [-0.1, -0.05) is 26.0 Å². The first-order chi connectivity index (χ1) is 15.1. The van der Waals surface area contributed by atoms with Gasteiger partial charge in [0.2, 0.25) is 5.89 Å². The van der Waals surface area contributed by atoms with E-state index in [9.17, 15) is 4.39 Å². The Bertz CT molecular complexity index is 1030. The van der Waals surface area contributed by atoms with Crippen molar-refractivity contribution in [3.8, 4) is 5.95 Å². The van der Waals surface area contributed by atoms with Crippen LogP contribution in [-0.2, 0) is 4.74 Å². The molecule has 0 amide bonds. The van der Waals surface area contributed by atoms with Gasteiger partial charge < -0.3 is 14.6 Å². The van der Waals surface area contributed by atoms with Gasteiger partial charge in [-0.3, -0.25) is 0 Å². The van der Waals surface area contributed by atoms with E-state index in [2.05, 4.69) is 20.6 Å². The maximum atomic E-state index is 14.6. The summed E-state index contributed by atoms with van der Waals surface area (Å²) in [6, 6.07) is 5.50. The molecule has 1 aliphatic heterocycles. The minimum absolute atomic E-state index is 0.161. The lowest BCUT2D eigenvalue weighted by atomic mass is 9.80. The number of nitrogens with one attached hydrogen (secondary N) is 1. The summed E-state index contributed by atoms with van der Waals surface area (Å²) in [7, 11) is 0. The molecule has 3 heterocycles. The number of fused-ring (bicyclic) bond motifs is 1. The SMILES string of the molecule is CC(C)c1nn(-c2noc(C3CC(NCCC4CCCCO4)C3)n2)c2c(F)cccc12. The summed E-state index contributed by atoms with van der Waals surface area (Å²) in [5.74, 6) is 0.964. The van der Waals surface area contributed by atoms with Crippen LogP contribution in [0.2, 0.25) is 0 Å². The van der Waals surface area contributed by atoms with Crippen molar-refractivity contribution in [2.45, 2.75) is 76.4 Å². The van der Waals surface area contributed by atoms with Crippen LogP contribution >= 0.6 is 0 Å². The molecule has 0 spiro atoms. The number of para-hydroxylation sites is 1. The molecule has 2 aliphatic rings. The molecule has 31 heavy (non-hydrogen) atoms. The van der Waals surface area contributed by atoms with Gasteiger partial charge in [0.1, 0.15) is 11.3 Å². The van der Waals surface area contributed by atoms with E-state index in [1.807, 2.05) is 19.9 Å². The fraction of sp³-hybridized carbons (Fsp3) is 0.609. The molecule has 2 fully saturated rings. The Balaban J connectivity index is 1.23. The molecule has 7 nitrogen and oxygen atoms in total. The first-order valence-electron chi connectivity index (χ1n) is 11.5. The Morgan fingerprint density at radius 1 is 1.26 bits per heavy atom. The van der Waals surface area contributed by atoms with E-state index in [0.29, 0.717) is 29.5 Å². The van der Waals surface area contributed by atoms with E-state index in [-0.39, 0.29) is 17.7 Å². The first kappa shape index (κ1) is 20.6. The maximum absolute atomic E-state index is 14.6. The molecule has 3 aromatic rings. The van der Waals surface area contributed by atoms with Gasteiger partial charge in [0.05, 0.1) is 11.8 Å². The fourth-order valence-corrected chi connectivity index (χ4v) is 4.67. The number of halogens is 1. The van der Waals surface area contributed by atoms with E-state index >= 15 is 0 Å². The third kappa shape index (κ3) is 4.11. The molecular weight excluding hydrogens is 397 g/mol. The summed E-state index contributed by atoms with van der Waals surface area (Å²) in [6.45, 7) is 5.97. The topological polar surface area (TPSA) is 78.0 Å². The van der Waals surface area contributed by atoms with Crippen molar-refractivity contribution >= 4 is 10.9 Å². The zero-order valence-corrected chi connectivity index (χ0v) is 18.2. The van der Waals surface area contributed by atoms with Gasteiger partial charge >= 0.3 is 0 Å². The summed E-state index contributed by atoms with van der Waals surface area (Å²) >= 11 is 0. The van der Waals surface area contributed by atoms with Crippen molar-refractivity contribution in [3.63, 3.8) is 0 Å². The molecule has 0 radical (unpaired) electrons. The molecule has 1 aromatic carbocycles. The highest BCUT2D eigenvalue weighted by atomic mass is 19.1. The molecule has 166 valence electrons. The number of aromatic nitrogens is 4. The van der Waals surface area contributed by atoms with Crippen LogP contribution in [0.1, 0.15) is 75.8 Å². The zero-order chi connectivity index (χ0) is 21.4. The summed E-state index contributed by atoms with van der Waals surface area (Å²) in [5.41, 5.74) is 1.23. The van der Waals surface area contributed by atoms with Crippen LogP contribution in [-0.4, -0.2) is 45.2 Å². The van der Waals surface area contributed by atoms with Crippen LogP contribution < -0.4 is 5.32 Å². The lowest BCUT2D eigenvalue weighted by Crippen LogP contribution is -2.41. The Hall–Kier alpha value is -2.32. The summed E-state index contributed by atoms with van der Waals surface area (Å²) in [6.07, 6.45) is 7.08. The van der Waals surface area contributed by atoms with Gasteiger partial charge in [-0.2, -0.15) is 14.8 Å². The average molecular weight is 428 g/mol. The lowest BCUT2D eigenvalue weighted by molar-refractivity contribution is 0.0106. The second kappa shape index (κ2) is 8.67.